The molecule has 0 bridgehead atoms. The van der Waals surface area contributed by atoms with E-state index < -0.39 is 11.1 Å². The van der Waals surface area contributed by atoms with E-state index in [0.29, 0.717) is 54.2 Å². The second-order valence-electron chi connectivity index (χ2n) is 6.85. The Hall–Kier alpha value is -3.98. The average Bonchev–Trinajstić information content (AvgIpc) is 2.78. The van der Waals surface area contributed by atoms with E-state index in [-0.39, 0.29) is 6.04 Å². The minimum absolute atomic E-state index is 0.169. The van der Waals surface area contributed by atoms with E-state index in [2.05, 4.69) is 20.9 Å². The number of terminal acetylenes is 1. The lowest BCUT2D eigenvalue weighted by atomic mass is 10.0. The number of nitrogens with zero attached hydrogens (tertiary/aromatic N) is 7. The Morgan fingerprint density at radius 2 is 1.72 bits per heavy atom. The molecule has 0 spiro atoms. The van der Waals surface area contributed by atoms with Gasteiger partial charge < -0.3 is 9.47 Å². The van der Waals surface area contributed by atoms with Crippen LogP contribution in [0.4, 0.5) is 5.95 Å². The smallest absolute Gasteiger partial charge is 0.318 e. The third-order valence-electron chi connectivity index (χ3n) is 5.19. The van der Waals surface area contributed by atoms with Crippen LogP contribution in [-0.2, 0) is 7.05 Å². The van der Waals surface area contributed by atoms with Crippen molar-refractivity contribution in [1.29, 1.82) is 5.26 Å². The van der Waals surface area contributed by atoms with Crippen LogP contribution in [-0.4, -0.2) is 37.2 Å². The largest absolute Gasteiger partial charge is 0.341 e. The van der Waals surface area contributed by atoms with E-state index in [1.165, 1.54) is 27.7 Å². The van der Waals surface area contributed by atoms with Gasteiger partial charge in [-0.15, -0.1) is 6.42 Å². The Morgan fingerprint density at radius 1 is 1.07 bits per heavy atom. The van der Waals surface area contributed by atoms with Gasteiger partial charge in [-0.25, -0.2) is 15.0 Å². The number of anilines is 1. The van der Waals surface area contributed by atoms with Gasteiger partial charge in [0.2, 0.25) is 5.95 Å². The number of aryl methyl sites for hydroxylation is 1. The summed E-state index contributed by atoms with van der Waals surface area (Å²) < 4.78 is 2.79. The standard InChI is InChI=1S/C20H17N7O2/c1-3-13-8-16-17(22-10-13)27(19(29)18(28)25(16)2)15-4-6-26(7-5-15)20-23-11-14(9-21)12-24-20/h1,8,10-12,15H,4-7H2,2H3. The highest BCUT2D eigenvalue weighted by Crippen LogP contribution is 2.25. The van der Waals surface area contributed by atoms with Crippen LogP contribution in [0.2, 0.25) is 0 Å². The summed E-state index contributed by atoms with van der Waals surface area (Å²) in [6.07, 6.45) is 11.2. The summed E-state index contributed by atoms with van der Waals surface area (Å²) in [5.41, 5.74) is 0.733. The molecule has 0 unspecified atom stereocenters. The summed E-state index contributed by atoms with van der Waals surface area (Å²) in [6.45, 7) is 1.23. The van der Waals surface area contributed by atoms with Gasteiger partial charge in [0.1, 0.15) is 6.07 Å². The van der Waals surface area contributed by atoms with Crippen LogP contribution in [0.1, 0.15) is 30.0 Å². The molecular formula is C20H17N7O2. The first-order valence-corrected chi connectivity index (χ1v) is 9.08. The molecule has 1 fully saturated rings. The third kappa shape index (κ3) is 3.13. The number of hydrogen-bond acceptors (Lipinski definition) is 7. The van der Waals surface area contributed by atoms with Crippen molar-refractivity contribution in [1.82, 2.24) is 24.1 Å². The molecule has 3 aromatic heterocycles. The van der Waals surface area contributed by atoms with Crippen molar-refractivity contribution in [2.75, 3.05) is 18.0 Å². The predicted octanol–water partition coefficient (Wildman–Crippen LogP) is 0.580. The highest BCUT2D eigenvalue weighted by Gasteiger charge is 2.26. The Morgan fingerprint density at radius 3 is 2.34 bits per heavy atom. The first-order valence-electron chi connectivity index (χ1n) is 9.08. The van der Waals surface area contributed by atoms with Crippen LogP contribution in [0, 0.1) is 23.7 Å². The second kappa shape index (κ2) is 7.21. The molecule has 0 aliphatic carbocycles. The lowest BCUT2D eigenvalue weighted by Gasteiger charge is -2.33. The van der Waals surface area contributed by atoms with Crippen molar-refractivity contribution in [3.05, 3.63) is 56.5 Å². The van der Waals surface area contributed by atoms with E-state index in [9.17, 15) is 9.59 Å². The van der Waals surface area contributed by atoms with Crippen LogP contribution >= 0.6 is 0 Å². The molecule has 144 valence electrons. The topological polar surface area (TPSA) is 110 Å². The van der Waals surface area contributed by atoms with Crippen LogP contribution in [0.15, 0.2) is 34.2 Å². The quantitative estimate of drug-likeness (QED) is 0.467. The number of hydrogen-bond donors (Lipinski definition) is 0. The Balaban J connectivity index is 1.68. The SMILES string of the molecule is C#Cc1cnc2c(c1)n(C)c(=O)c(=O)n2C1CCN(c2ncc(C#N)cn2)CC1. The molecule has 1 saturated heterocycles. The van der Waals surface area contributed by atoms with Gasteiger partial charge in [-0.05, 0) is 18.9 Å². The minimum atomic E-state index is -0.605. The number of fused-ring (bicyclic) bond motifs is 1. The Kier molecular flexibility index (Phi) is 4.57. The summed E-state index contributed by atoms with van der Waals surface area (Å²) in [5, 5.41) is 8.87. The molecule has 29 heavy (non-hydrogen) atoms. The fraction of sp³-hybridized carbons (Fsp3) is 0.300. The molecular weight excluding hydrogens is 370 g/mol. The molecule has 0 amide bonds. The highest BCUT2D eigenvalue weighted by atomic mass is 16.2. The lowest BCUT2D eigenvalue weighted by molar-refractivity contribution is 0.389. The van der Waals surface area contributed by atoms with E-state index in [0.717, 1.165) is 0 Å². The maximum absolute atomic E-state index is 12.8. The molecule has 3 aromatic rings. The second-order valence-corrected chi connectivity index (χ2v) is 6.85. The summed E-state index contributed by atoms with van der Waals surface area (Å²) in [7, 11) is 1.54. The molecule has 0 saturated carbocycles. The molecule has 1 aliphatic rings. The fourth-order valence-corrected chi connectivity index (χ4v) is 3.61. The van der Waals surface area contributed by atoms with Gasteiger partial charge in [-0.2, -0.15) is 5.26 Å². The molecule has 9 nitrogen and oxygen atoms in total. The zero-order valence-corrected chi connectivity index (χ0v) is 15.7. The van der Waals surface area contributed by atoms with Crippen LogP contribution in [0.5, 0.6) is 0 Å². The van der Waals surface area contributed by atoms with Gasteiger partial charge in [-0.1, -0.05) is 5.92 Å². The van der Waals surface area contributed by atoms with E-state index in [1.54, 1.807) is 13.1 Å². The lowest BCUT2D eigenvalue weighted by Crippen LogP contribution is -2.45. The van der Waals surface area contributed by atoms with E-state index in [4.69, 9.17) is 11.7 Å². The summed E-state index contributed by atoms with van der Waals surface area (Å²) in [4.78, 5) is 40.1. The molecule has 0 N–H and O–H groups in total. The Bertz CT molecular complexity index is 1280. The van der Waals surface area contributed by atoms with Crippen molar-refractivity contribution < 1.29 is 0 Å². The maximum Gasteiger partial charge on any atom is 0.318 e. The molecule has 4 rings (SSSR count). The number of nitriles is 1. The van der Waals surface area contributed by atoms with Crippen LogP contribution in [0.25, 0.3) is 11.2 Å². The van der Waals surface area contributed by atoms with Gasteiger partial charge >= 0.3 is 11.1 Å². The molecule has 0 aromatic carbocycles. The zero-order chi connectivity index (χ0) is 20.5. The van der Waals surface area contributed by atoms with E-state index in [1.807, 2.05) is 11.0 Å². The van der Waals surface area contributed by atoms with Gasteiger partial charge in [0.15, 0.2) is 5.65 Å². The molecule has 9 heteroatoms. The van der Waals surface area contributed by atoms with Gasteiger partial charge in [-0.3, -0.25) is 14.2 Å². The number of pyridine rings is 1. The normalized spacial score (nSPS) is 14.5. The van der Waals surface area contributed by atoms with Crippen molar-refractivity contribution in [3.63, 3.8) is 0 Å². The summed E-state index contributed by atoms with van der Waals surface area (Å²) >= 11 is 0. The van der Waals surface area contributed by atoms with Gasteiger partial charge in [0.25, 0.3) is 0 Å². The van der Waals surface area contributed by atoms with Crippen LogP contribution in [0.3, 0.4) is 0 Å². The molecule has 0 radical (unpaired) electrons. The third-order valence-corrected chi connectivity index (χ3v) is 5.19. The molecule has 4 heterocycles. The van der Waals surface area contributed by atoms with Gasteiger partial charge in [0.05, 0.1) is 23.5 Å². The highest BCUT2D eigenvalue weighted by molar-refractivity contribution is 5.72. The van der Waals surface area contributed by atoms with Crippen molar-refractivity contribution in [2.45, 2.75) is 18.9 Å². The summed E-state index contributed by atoms with van der Waals surface area (Å²) in [5.74, 6) is 3.05. The average molecular weight is 387 g/mol. The first kappa shape index (κ1) is 18.4. The zero-order valence-electron chi connectivity index (χ0n) is 15.7. The monoisotopic (exact) mass is 387 g/mol. The fourth-order valence-electron chi connectivity index (χ4n) is 3.61. The van der Waals surface area contributed by atoms with Crippen LogP contribution < -0.4 is 16.0 Å². The Labute approximate surface area is 165 Å². The van der Waals surface area contributed by atoms with Gasteiger partial charge in [0, 0.05) is 37.9 Å². The predicted molar refractivity (Wildman–Crippen MR) is 106 cm³/mol. The molecule has 0 atom stereocenters. The number of piperidine rings is 1. The first-order chi connectivity index (χ1) is 14.0. The van der Waals surface area contributed by atoms with E-state index >= 15 is 0 Å². The number of aromatic nitrogens is 5. The molecule has 1 aliphatic heterocycles. The summed E-state index contributed by atoms with van der Waals surface area (Å²) in [6, 6.07) is 3.52. The minimum Gasteiger partial charge on any atom is -0.341 e. The number of rotatable bonds is 2. The van der Waals surface area contributed by atoms with Crippen molar-refractivity contribution in [3.8, 4) is 18.4 Å². The van der Waals surface area contributed by atoms with Crippen molar-refractivity contribution in [2.24, 2.45) is 7.05 Å². The van der Waals surface area contributed by atoms with Crippen molar-refractivity contribution >= 4 is 17.1 Å². The maximum atomic E-state index is 12.8.